The van der Waals surface area contributed by atoms with Crippen LogP contribution in [0.1, 0.15) is 22.8 Å². The molecule has 0 saturated carbocycles. The van der Waals surface area contributed by atoms with Crippen LogP contribution in [-0.4, -0.2) is 40.1 Å². The van der Waals surface area contributed by atoms with Crippen LogP contribution < -0.4 is 10.1 Å². The number of ether oxygens (including phenoxy) is 1. The van der Waals surface area contributed by atoms with Crippen molar-refractivity contribution in [3.05, 3.63) is 59.7 Å². The van der Waals surface area contributed by atoms with Crippen LogP contribution in [0.15, 0.2) is 53.4 Å². The van der Waals surface area contributed by atoms with Crippen LogP contribution in [-0.2, 0) is 22.0 Å². The Kier molecular flexibility index (Phi) is 7.35. The molecule has 1 amide bonds. The van der Waals surface area contributed by atoms with Gasteiger partial charge in [-0.2, -0.15) is 0 Å². The van der Waals surface area contributed by atoms with Gasteiger partial charge in [-0.25, -0.2) is 4.79 Å². The van der Waals surface area contributed by atoms with E-state index in [1.807, 2.05) is 19.1 Å². The summed E-state index contributed by atoms with van der Waals surface area (Å²) >= 11 is 0. The van der Waals surface area contributed by atoms with Crippen LogP contribution in [0.2, 0.25) is 0 Å². The van der Waals surface area contributed by atoms with E-state index in [1.54, 1.807) is 36.4 Å². The normalized spacial score (nSPS) is 11.6. The van der Waals surface area contributed by atoms with Crippen LogP contribution >= 0.6 is 0 Å². The molecule has 26 heavy (non-hydrogen) atoms. The van der Waals surface area contributed by atoms with Gasteiger partial charge in [0.15, 0.2) is 6.61 Å². The van der Waals surface area contributed by atoms with E-state index in [0.717, 1.165) is 5.56 Å². The smallest absolute Gasteiger partial charge is 0.341 e. The second-order valence-corrected chi connectivity index (χ2v) is 7.17. The van der Waals surface area contributed by atoms with E-state index in [-0.39, 0.29) is 12.5 Å². The summed E-state index contributed by atoms with van der Waals surface area (Å²) in [7, 11) is -1.19. The van der Waals surface area contributed by atoms with E-state index < -0.39 is 16.8 Å². The molecule has 1 atom stereocenters. The molecule has 0 aromatic heterocycles. The number of rotatable bonds is 9. The highest BCUT2D eigenvalue weighted by molar-refractivity contribution is 7.85. The van der Waals surface area contributed by atoms with Crippen molar-refractivity contribution >= 4 is 22.7 Å². The lowest BCUT2D eigenvalue weighted by molar-refractivity contribution is -0.139. The van der Waals surface area contributed by atoms with Gasteiger partial charge in [0.25, 0.3) is 5.91 Å². The highest BCUT2D eigenvalue weighted by Gasteiger charge is 2.14. The van der Waals surface area contributed by atoms with E-state index in [1.165, 1.54) is 0 Å². The summed E-state index contributed by atoms with van der Waals surface area (Å²) < 4.78 is 17.1. The molecule has 0 aliphatic carbocycles. The maximum absolute atomic E-state index is 12.4. The molecule has 0 aliphatic rings. The van der Waals surface area contributed by atoms with Crippen LogP contribution in [0.5, 0.6) is 5.75 Å². The lowest BCUT2D eigenvalue weighted by Gasteiger charge is -2.10. The summed E-state index contributed by atoms with van der Waals surface area (Å²) in [6.07, 6.45) is 0.615. The highest BCUT2D eigenvalue weighted by Crippen LogP contribution is 2.14. The fourth-order valence-electron chi connectivity index (χ4n) is 2.32. The van der Waals surface area contributed by atoms with Gasteiger partial charge in [0.2, 0.25) is 0 Å². The molecule has 0 aliphatic heterocycles. The van der Waals surface area contributed by atoms with Gasteiger partial charge in [-0.1, -0.05) is 31.2 Å². The third-order valence-electron chi connectivity index (χ3n) is 3.62. The number of aliphatic carboxylic acids is 1. The van der Waals surface area contributed by atoms with E-state index in [0.29, 0.717) is 34.9 Å². The summed E-state index contributed by atoms with van der Waals surface area (Å²) in [4.78, 5) is 23.4. The number of carbonyl (C=O) groups excluding carboxylic acids is 1. The van der Waals surface area contributed by atoms with Crippen LogP contribution in [0.4, 0.5) is 0 Å². The molecule has 2 aromatic carbocycles. The van der Waals surface area contributed by atoms with Gasteiger partial charge in [0.05, 0.1) is 21.3 Å². The summed E-state index contributed by atoms with van der Waals surface area (Å²) in [5, 5.41) is 11.4. The number of amides is 1. The number of carboxylic acid groups (broad SMARTS) is 1. The monoisotopic (exact) mass is 375 g/mol. The van der Waals surface area contributed by atoms with Crippen molar-refractivity contribution < 1.29 is 23.6 Å². The second-order valence-electron chi connectivity index (χ2n) is 5.46. The molecular weight excluding hydrogens is 354 g/mol. The Labute approximate surface area is 154 Å². The predicted octanol–water partition coefficient (Wildman–Crippen LogP) is 2.25. The molecule has 6 nitrogen and oxygen atoms in total. The maximum Gasteiger partial charge on any atom is 0.341 e. The van der Waals surface area contributed by atoms with Gasteiger partial charge in [-0.05, 0) is 36.2 Å². The average Bonchev–Trinajstić information content (AvgIpc) is 2.66. The number of carbonyl (C=O) groups is 2. The third-order valence-corrected chi connectivity index (χ3v) is 4.99. The molecule has 1 unspecified atom stereocenters. The minimum Gasteiger partial charge on any atom is -0.482 e. The Bertz CT molecular complexity index is 789. The van der Waals surface area contributed by atoms with Crippen molar-refractivity contribution in [2.45, 2.75) is 18.2 Å². The topological polar surface area (TPSA) is 92.7 Å². The van der Waals surface area contributed by atoms with Crippen molar-refractivity contribution in [3.8, 4) is 5.75 Å². The average molecular weight is 375 g/mol. The fourth-order valence-corrected chi connectivity index (χ4v) is 3.27. The standard InChI is InChI=1S/C19H21NO5S/c1-2-26(24)17-6-4-3-5-16(17)19(23)20-12-11-14-7-9-15(10-8-14)25-13-18(21)22/h3-10H,2,11-13H2,1H3,(H,20,23)(H,21,22). The van der Waals surface area contributed by atoms with Gasteiger partial charge in [-0.15, -0.1) is 0 Å². The van der Waals surface area contributed by atoms with Crippen molar-refractivity contribution in [1.29, 1.82) is 0 Å². The molecule has 2 aromatic rings. The highest BCUT2D eigenvalue weighted by atomic mass is 32.2. The second kappa shape index (κ2) is 9.72. The van der Waals surface area contributed by atoms with Crippen molar-refractivity contribution in [2.24, 2.45) is 0 Å². The van der Waals surface area contributed by atoms with Gasteiger partial charge < -0.3 is 15.2 Å². The van der Waals surface area contributed by atoms with Crippen molar-refractivity contribution in [3.63, 3.8) is 0 Å². The van der Waals surface area contributed by atoms with Gasteiger partial charge >= 0.3 is 5.97 Å². The number of nitrogens with one attached hydrogen (secondary N) is 1. The number of hydrogen-bond acceptors (Lipinski definition) is 4. The molecule has 138 valence electrons. The Hall–Kier alpha value is -2.67. The van der Waals surface area contributed by atoms with E-state index in [9.17, 15) is 13.8 Å². The Morgan fingerprint density at radius 2 is 1.81 bits per heavy atom. The SMILES string of the molecule is CCS(=O)c1ccccc1C(=O)NCCc1ccc(OCC(=O)O)cc1. The first-order valence-corrected chi connectivity index (χ1v) is 9.52. The van der Waals surface area contributed by atoms with Crippen LogP contribution in [0.25, 0.3) is 0 Å². The quantitative estimate of drug-likeness (QED) is 0.701. The van der Waals surface area contributed by atoms with Crippen molar-refractivity contribution in [2.75, 3.05) is 18.9 Å². The van der Waals surface area contributed by atoms with Crippen LogP contribution in [0.3, 0.4) is 0 Å². The van der Waals surface area contributed by atoms with Gasteiger partial charge in [0.1, 0.15) is 5.75 Å². The summed E-state index contributed by atoms with van der Waals surface area (Å²) in [5.41, 5.74) is 1.42. The first kappa shape index (κ1) is 19.7. The minimum atomic E-state index is -1.19. The molecule has 2 N–H and O–H groups in total. The first-order valence-electron chi connectivity index (χ1n) is 8.20. The van der Waals surface area contributed by atoms with E-state index in [2.05, 4.69) is 5.32 Å². The number of carboxylic acids is 1. The lowest BCUT2D eigenvalue weighted by atomic mass is 10.1. The molecular formula is C19H21NO5S. The van der Waals surface area contributed by atoms with Crippen LogP contribution in [0, 0.1) is 0 Å². The molecule has 0 spiro atoms. The predicted molar refractivity (Wildman–Crippen MR) is 99.0 cm³/mol. The zero-order chi connectivity index (χ0) is 18.9. The Morgan fingerprint density at radius 3 is 2.46 bits per heavy atom. The molecule has 2 rings (SSSR count). The van der Waals surface area contributed by atoms with Gasteiger partial charge in [-0.3, -0.25) is 9.00 Å². The van der Waals surface area contributed by atoms with Gasteiger partial charge in [0, 0.05) is 12.3 Å². The summed E-state index contributed by atoms with van der Waals surface area (Å²) in [5.74, 6) is -0.332. The lowest BCUT2D eigenvalue weighted by Crippen LogP contribution is -2.26. The fraction of sp³-hybridized carbons (Fsp3) is 0.263. The number of benzene rings is 2. The Morgan fingerprint density at radius 1 is 1.12 bits per heavy atom. The van der Waals surface area contributed by atoms with Crippen molar-refractivity contribution in [1.82, 2.24) is 5.32 Å². The minimum absolute atomic E-state index is 0.246. The molecule has 0 bridgehead atoms. The zero-order valence-electron chi connectivity index (χ0n) is 14.4. The molecule has 7 heteroatoms. The summed E-state index contributed by atoms with van der Waals surface area (Å²) in [6.45, 7) is 1.86. The third kappa shape index (κ3) is 5.70. The Balaban J connectivity index is 1.89. The maximum atomic E-state index is 12.4. The van der Waals surface area contributed by atoms with E-state index in [4.69, 9.17) is 9.84 Å². The molecule has 0 radical (unpaired) electrons. The molecule has 0 heterocycles. The largest absolute Gasteiger partial charge is 0.482 e. The van der Waals surface area contributed by atoms with E-state index >= 15 is 0 Å². The summed E-state index contributed by atoms with van der Waals surface area (Å²) in [6, 6.07) is 13.9. The first-order chi connectivity index (χ1) is 12.5. The molecule has 0 saturated heterocycles. The number of hydrogen-bond donors (Lipinski definition) is 2. The zero-order valence-corrected chi connectivity index (χ0v) is 15.3. The molecule has 0 fully saturated rings.